The number of halogens is 3. The number of hydrogen-bond acceptors (Lipinski definition) is 3. The van der Waals surface area contributed by atoms with Gasteiger partial charge in [0.2, 0.25) is 0 Å². The molecule has 0 bridgehead atoms. The van der Waals surface area contributed by atoms with Gasteiger partial charge in [0.25, 0.3) is 12.3 Å². The van der Waals surface area contributed by atoms with Crippen LogP contribution in [0.2, 0.25) is 0 Å². The molecule has 0 saturated carbocycles. The zero-order valence-corrected chi connectivity index (χ0v) is 6.80. The summed E-state index contributed by atoms with van der Waals surface area (Å²) in [5.74, 6) is -2.34. The quantitative estimate of drug-likeness (QED) is 0.750. The van der Waals surface area contributed by atoms with Crippen LogP contribution in [0.4, 0.5) is 18.9 Å². The van der Waals surface area contributed by atoms with E-state index < -0.39 is 35.1 Å². The Hall–Kier alpha value is -1.79. The highest BCUT2D eigenvalue weighted by atomic mass is 19.3. The number of aromatic nitrogens is 1. The average Bonchev–Trinajstić information content (AvgIpc) is 2.02. The van der Waals surface area contributed by atoms with Gasteiger partial charge in [-0.1, -0.05) is 0 Å². The summed E-state index contributed by atoms with van der Waals surface area (Å²) in [7, 11) is 0. The number of primary amides is 1. The first-order chi connectivity index (χ1) is 6.45. The second kappa shape index (κ2) is 3.52. The van der Waals surface area contributed by atoms with E-state index in [-0.39, 0.29) is 0 Å². The number of carbonyl (C=O) groups is 1. The summed E-state index contributed by atoms with van der Waals surface area (Å²) in [5, 5.41) is 0. The van der Waals surface area contributed by atoms with Crippen molar-refractivity contribution in [3.63, 3.8) is 0 Å². The Morgan fingerprint density at radius 2 is 2.07 bits per heavy atom. The Morgan fingerprint density at radius 3 is 2.50 bits per heavy atom. The molecule has 0 spiro atoms. The van der Waals surface area contributed by atoms with Gasteiger partial charge in [0.05, 0.1) is 17.4 Å². The molecular formula is C7H6F3N3O. The number of rotatable bonds is 2. The number of nitrogens with zero attached hydrogens (tertiary/aromatic N) is 1. The van der Waals surface area contributed by atoms with Gasteiger partial charge in [-0.25, -0.2) is 18.2 Å². The number of amides is 1. The van der Waals surface area contributed by atoms with Gasteiger partial charge >= 0.3 is 0 Å². The molecular weight excluding hydrogens is 199 g/mol. The molecule has 0 saturated heterocycles. The third-order valence-electron chi connectivity index (χ3n) is 1.56. The van der Waals surface area contributed by atoms with E-state index >= 15 is 0 Å². The van der Waals surface area contributed by atoms with E-state index in [9.17, 15) is 18.0 Å². The van der Waals surface area contributed by atoms with Crippen molar-refractivity contribution in [2.75, 3.05) is 5.73 Å². The number of nitrogen functional groups attached to an aromatic ring is 1. The van der Waals surface area contributed by atoms with E-state index in [0.717, 1.165) is 0 Å². The zero-order valence-electron chi connectivity index (χ0n) is 6.80. The van der Waals surface area contributed by atoms with Crippen LogP contribution >= 0.6 is 0 Å². The Kier molecular flexibility index (Phi) is 2.59. The molecule has 0 radical (unpaired) electrons. The predicted molar refractivity (Wildman–Crippen MR) is 42.1 cm³/mol. The van der Waals surface area contributed by atoms with E-state index in [0.29, 0.717) is 6.20 Å². The van der Waals surface area contributed by atoms with Gasteiger partial charge in [-0.05, 0) is 0 Å². The Morgan fingerprint density at radius 1 is 1.50 bits per heavy atom. The fourth-order valence-electron chi connectivity index (χ4n) is 0.935. The van der Waals surface area contributed by atoms with E-state index in [1.54, 1.807) is 0 Å². The summed E-state index contributed by atoms with van der Waals surface area (Å²) in [6.45, 7) is 0. The van der Waals surface area contributed by atoms with E-state index in [1.807, 2.05) is 0 Å². The minimum atomic E-state index is -3.11. The van der Waals surface area contributed by atoms with E-state index in [1.165, 1.54) is 0 Å². The molecule has 0 aliphatic rings. The minimum Gasteiger partial charge on any atom is -0.396 e. The van der Waals surface area contributed by atoms with Crippen LogP contribution in [-0.4, -0.2) is 10.9 Å². The number of alkyl halides is 2. The molecule has 14 heavy (non-hydrogen) atoms. The maximum atomic E-state index is 12.8. The third-order valence-corrected chi connectivity index (χ3v) is 1.56. The number of pyridine rings is 1. The van der Waals surface area contributed by atoms with Crippen molar-refractivity contribution < 1.29 is 18.0 Å². The van der Waals surface area contributed by atoms with Crippen LogP contribution in [-0.2, 0) is 0 Å². The van der Waals surface area contributed by atoms with Gasteiger partial charge in [0.1, 0.15) is 0 Å². The van der Waals surface area contributed by atoms with Crippen molar-refractivity contribution in [2.45, 2.75) is 6.43 Å². The van der Waals surface area contributed by atoms with Gasteiger partial charge in [-0.15, -0.1) is 0 Å². The van der Waals surface area contributed by atoms with Gasteiger partial charge in [0, 0.05) is 0 Å². The highest BCUT2D eigenvalue weighted by molar-refractivity contribution is 5.96. The van der Waals surface area contributed by atoms with Crippen molar-refractivity contribution in [2.24, 2.45) is 5.73 Å². The molecule has 0 aromatic carbocycles. The Labute approximate surface area is 76.7 Å². The van der Waals surface area contributed by atoms with Gasteiger partial charge in [-0.3, -0.25) is 4.79 Å². The Balaban J connectivity index is 3.41. The summed E-state index contributed by atoms with van der Waals surface area (Å²) in [6, 6.07) is 0. The molecule has 0 fully saturated rings. The molecule has 1 heterocycles. The molecule has 1 aromatic heterocycles. The summed E-state index contributed by atoms with van der Waals surface area (Å²) in [5.41, 5.74) is 7.57. The molecule has 0 aliphatic heterocycles. The first kappa shape index (κ1) is 10.3. The second-order valence-corrected chi connectivity index (χ2v) is 2.45. The van der Waals surface area contributed by atoms with Gasteiger partial charge < -0.3 is 11.5 Å². The molecule has 4 nitrogen and oxygen atoms in total. The molecule has 0 aliphatic carbocycles. The fourth-order valence-corrected chi connectivity index (χ4v) is 0.935. The normalized spacial score (nSPS) is 10.6. The third kappa shape index (κ3) is 1.61. The molecule has 1 amide bonds. The lowest BCUT2D eigenvalue weighted by Gasteiger charge is -2.07. The number of nitrogens with two attached hydrogens (primary N) is 2. The number of carbonyl (C=O) groups excluding carboxylic acids is 1. The second-order valence-electron chi connectivity index (χ2n) is 2.45. The van der Waals surface area contributed by atoms with Crippen LogP contribution in [0.15, 0.2) is 6.20 Å². The lowest BCUT2D eigenvalue weighted by atomic mass is 10.1. The van der Waals surface area contributed by atoms with Crippen LogP contribution in [0.5, 0.6) is 0 Å². The minimum absolute atomic E-state index is 0.484. The van der Waals surface area contributed by atoms with E-state index in [2.05, 4.69) is 4.98 Å². The average molecular weight is 205 g/mol. The smallest absolute Gasteiger partial charge is 0.269 e. The summed E-state index contributed by atoms with van der Waals surface area (Å²) >= 11 is 0. The molecule has 1 aromatic rings. The maximum absolute atomic E-state index is 12.8. The summed E-state index contributed by atoms with van der Waals surface area (Å²) < 4.78 is 37.2. The van der Waals surface area contributed by atoms with Gasteiger partial charge in [0.15, 0.2) is 11.5 Å². The number of hydrogen-bond donors (Lipinski definition) is 2. The van der Waals surface area contributed by atoms with Crippen molar-refractivity contribution in [3.05, 3.63) is 23.3 Å². The van der Waals surface area contributed by atoms with Crippen LogP contribution in [0.1, 0.15) is 22.5 Å². The van der Waals surface area contributed by atoms with Gasteiger partial charge in [-0.2, -0.15) is 0 Å². The van der Waals surface area contributed by atoms with Crippen LogP contribution < -0.4 is 11.5 Å². The molecule has 7 heteroatoms. The molecule has 76 valence electrons. The highest BCUT2D eigenvalue weighted by Crippen LogP contribution is 2.28. The first-order valence-corrected chi connectivity index (χ1v) is 3.47. The summed E-state index contributed by atoms with van der Waals surface area (Å²) in [6.07, 6.45) is -2.63. The summed E-state index contributed by atoms with van der Waals surface area (Å²) in [4.78, 5) is 13.8. The van der Waals surface area contributed by atoms with Crippen molar-refractivity contribution in [3.8, 4) is 0 Å². The lowest BCUT2D eigenvalue weighted by Crippen LogP contribution is -2.17. The highest BCUT2D eigenvalue weighted by Gasteiger charge is 2.22. The van der Waals surface area contributed by atoms with Crippen LogP contribution in [0, 0.1) is 5.82 Å². The zero-order chi connectivity index (χ0) is 10.9. The lowest BCUT2D eigenvalue weighted by molar-refractivity contribution is 0.0996. The standard InChI is InChI=1S/C7H6F3N3O/c8-2-1-13-5(7(12)14)4(11)3(2)6(9)10/h1,6H,11H2,(H2,12,14). The van der Waals surface area contributed by atoms with Crippen LogP contribution in [0.3, 0.4) is 0 Å². The topological polar surface area (TPSA) is 82.0 Å². The number of anilines is 1. The molecule has 0 unspecified atom stereocenters. The fraction of sp³-hybridized carbons (Fsp3) is 0.143. The van der Waals surface area contributed by atoms with E-state index in [4.69, 9.17) is 11.5 Å². The maximum Gasteiger partial charge on any atom is 0.269 e. The molecule has 4 N–H and O–H groups in total. The largest absolute Gasteiger partial charge is 0.396 e. The van der Waals surface area contributed by atoms with Crippen molar-refractivity contribution in [1.29, 1.82) is 0 Å². The monoisotopic (exact) mass is 205 g/mol. The molecule has 1 rings (SSSR count). The molecule has 0 atom stereocenters. The van der Waals surface area contributed by atoms with Crippen molar-refractivity contribution in [1.82, 2.24) is 4.98 Å². The SMILES string of the molecule is NC(=O)c1ncc(F)c(C(F)F)c1N. The van der Waals surface area contributed by atoms with Crippen molar-refractivity contribution >= 4 is 11.6 Å². The Bertz CT molecular complexity index is 381. The van der Waals surface area contributed by atoms with Crippen LogP contribution in [0.25, 0.3) is 0 Å². The first-order valence-electron chi connectivity index (χ1n) is 3.47. The predicted octanol–water partition coefficient (Wildman–Crippen LogP) is 0.839.